The Kier molecular flexibility index (Phi) is 5.21. The summed E-state index contributed by atoms with van der Waals surface area (Å²) in [6, 6.07) is 0.604. The highest BCUT2D eigenvalue weighted by molar-refractivity contribution is 5.01. The van der Waals surface area contributed by atoms with Gasteiger partial charge in [0.05, 0.1) is 0 Å². The van der Waals surface area contributed by atoms with Gasteiger partial charge in [0.15, 0.2) is 0 Å². The largest absolute Gasteiger partial charge is 0.311 e. The van der Waals surface area contributed by atoms with Crippen LogP contribution in [0.3, 0.4) is 0 Å². The van der Waals surface area contributed by atoms with Gasteiger partial charge in [-0.2, -0.15) is 0 Å². The lowest BCUT2D eigenvalue weighted by Crippen LogP contribution is -2.33. The second-order valence-corrected chi connectivity index (χ2v) is 4.00. The van der Waals surface area contributed by atoms with Crippen molar-refractivity contribution >= 4 is 0 Å². The van der Waals surface area contributed by atoms with Gasteiger partial charge in [0, 0.05) is 43.6 Å². The van der Waals surface area contributed by atoms with Crippen molar-refractivity contribution in [2.24, 2.45) is 0 Å². The van der Waals surface area contributed by atoms with Gasteiger partial charge < -0.3 is 10.2 Å². The molecule has 0 aliphatic carbocycles. The molecule has 1 N–H and O–H groups in total. The SMILES string of the molecule is CC(C)N(C)CCNCc1cncnc1. The van der Waals surface area contributed by atoms with Crippen LogP contribution in [0, 0.1) is 0 Å². The van der Waals surface area contributed by atoms with Crippen molar-refractivity contribution in [1.29, 1.82) is 0 Å². The minimum absolute atomic E-state index is 0.604. The molecule has 0 fully saturated rings. The lowest BCUT2D eigenvalue weighted by Gasteiger charge is -2.20. The van der Waals surface area contributed by atoms with E-state index < -0.39 is 0 Å². The van der Waals surface area contributed by atoms with Gasteiger partial charge in [-0.05, 0) is 20.9 Å². The van der Waals surface area contributed by atoms with Gasteiger partial charge in [-0.25, -0.2) is 9.97 Å². The van der Waals surface area contributed by atoms with Crippen LogP contribution in [0.15, 0.2) is 18.7 Å². The summed E-state index contributed by atoms with van der Waals surface area (Å²) in [6.45, 7) is 7.29. The molecule has 1 aromatic heterocycles. The molecule has 0 aliphatic heterocycles. The second-order valence-electron chi connectivity index (χ2n) is 4.00. The number of aromatic nitrogens is 2. The Morgan fingerprint density at radius 3 is 2.60 bits per heavy atom. The van der Waals surface area contributed by atoms with Gasteiger partial charge in [-0.3, -0.25) is 0 Å². The number of nitrogens with zero attached hydrogens (tertiary/aromatic N) is 3. The van der Waals surface area contributed by atoms with Crippen molar-refractivity contribution in [2.75, 3.05) is 20.1 Å². The van der Waals surface area contributed by atoms with Gasteiger partial charge in [-0.15, -0.1) is 0 Å². The monoisotopic (exact) mass is 208 g/mol. The van der Waals surface area contributed by atoms with E-state index in [9.17, 15) is 0 Å². The third kappa shape index (κ3) is 4.85. The first-order valence-electron chi connectivity index (χ1n) is 5.35. The molecular weight excluding hydrogens is 188 g/mol. The Labute approximate surface area is 91.7 Å². The van der Waals surface area contributed by atoms with Gasteiger partial charge in [0.1, 0.15) is 6.33 Å². The Morgan fingerprint density at radius 1 is 1.33 bits per heavy atom. The molecule has 1 heterocycles. The zero-order valence-corrected chi connectivity index (χ0v) is 9.77. The van der Waals surface area contributed by atoms with Crippen molar-refractivity contribution in [3.05, 3.63) is 24.3 Å². The molecule has 0 saturated heterocycles. The molecule has 0 aliphatic rings. The molecule has 0 atom stereocenters. The molecular formula is C11H20N4. The van der Waals surface area contributed by atoms with Crippen molar-refractivity contribution in [2.45, 2.75) is 26.4 Å². The lowest BCUT2D eigenvalue weighted by atomic mass is 10.3. The molecule has 1 rings (SSSR count). The van der Waals surface area contributed by atoms with Crippen LogP contribution in [0.1, 0.15) is 19.4 Å². The minimum Gasteiger partial charge on any atom is -0.311 e. The van der Waals surface area contributed by atoms with Crippen LogP contribution < -0.4 is 5.32 Å². The van der Waals surface area contributed by atoms with E-state index in [0.717, 1.165) is 25.2 Å². The molecule has 0 amide bonds. The van der Waals surface area contributed by atoms with E-state index in [1.807, 2.05) is 12.4 Å². The zero-order valence-electron chi connectivity index (χ0n) is 9.77. The third-order valence-electron chi connectivity index (χ3n) is 2.47. The Morgan fingerprint density at radius 2 is 2.00 bits per heavy atom. The predicted octanol–water partition coefficient (Wildman–Crippen LogP) is 0.906. The fourth-order valence-electron chi connectivity index (χ4n) is 1.17. The van der Waals surface area contributed by atoms with E-state index in [1.165, 1.54) is 0 Å². The first-order valence-corrected chi connectivity index (χ1v) is 5.35. The van der Waals surface area contributed by atoms with Crippen LogP contribution in [0.25, 0.3) is 0 Å². The minimum atomic E-state index is 0.604. The van der Waals surface area contributed by atoms with E-state index in [1.54, 1.807) is 6.33 Å². The fraction of sp³-hybridized carbons (Fsp3) is 0.636. The highest BCUT2D eigenvalue weighted by Gasteiger charge is 2.01. The van der Waals surface area contributed by atoms with Gasteiger partial charge in [0.2, 0.25) is 0 Å². The average Bonchev–Trinajstić information content (AvgIpc) is 2.25. The summed E-state index contributed by atoms with van der Waals surface area (Å²) in [7, 11) is 2.14. The van der Waals surface area contributed by atoms with Crippen LogP contribution in [0.4, 0.5) is 0 Å². The summed E-state index contributed by atoms with van der Waals surface area (Å²) in [5.74, 6) is 0. The van der Waals surface area contributed by atoms with Crippen LogP contribution in [-0.4, -0.2) is 41.0 Å². The van der Waals surface area contributed by atoms with Crippen molar-refractivity contribution in [3.8, 4) is 0 Å². The number of hydrogen-bond acceptors (Lipinski definition) is 4. The molecule has 1 aromatic rings. The molecule has 4 heteroatoms. The van der Waals surface area contributed by atoms with Gasteiger partial charge in [0.25, 0.3) is 0 Å². The van der Waals surface area contributed by atoms with Gasteiger partial charge in [-0.1, -0.05) is 0 Å². The summed E-state index contributed by atoms with van der Waals surface area (Å²) in [5, 5.41) is 3.37. The zero-order chi connectivity index (χ0) is 11.1. The number of likely N-dealkylation sites (N-methyl/N-ethyl adjacent to an activating group) is 1. The maximum Gasteiger partial charge on any atom is 0.115 e. The quantitative estimate of drug-likeness (QED) is 0.705. The maximum atomic E-state index is 3.97. The number of rotatable bonds is 6. The summed E-state index contributed by atoms with van der Waals surface area (Å²) in [6.07, 6.45) is 5.23. The van der Waals surface area contributed by atoms with E-state index in [0.29, 0.717) is 6.04 Å². The topological polar surface area (TPSA) is 41.0 Å². The standard InChI is InChI=1S/C11H20N4/c1-10(2)15(3)5-4-12-6-11-7-13-9-14-8-11/h7-10,12H,4-6H2,1-3H3. The Balaban J connectivity index is 2.12. The highest BCUT2D eigenvalue weighted by Crippen LogP contribution is 1.93. The number of hydrogen-bond donors (Lipinski definition) is 1. The summed E-state index contributed by atoms with van der Waals surface area (Å²) in [4.78, 5) is 10.2. The molecule has 0 unspecified atom stereocenters. The molecule has 0 saturated carbocycles. The molecule has 4 nitrogen and oxygen atoms in total. The van der Waals surface area contributed by atoms with Crippen LogP contribution >= 0.6 is 0 Å². The van der Waals surface area contributed by atoms with Crippen LogP contribution in [0.5, 0.6) is 0 Å². The summed E-state index contributed by atoms with van der Waals surface area (Å²) >= 11 is 0. The molecule has 15 heavy (non-hydrogen) atoms. The Hall–Kier alpha value is -1.00. The third-order valence-corrected chi connectivity index (χ3v) is 2.47. The van der Waals surface area contributed by atoms with E-state index in [4.69, 9.17) is 0 Å². The smallest absolute Gasteiger partial charge is 0.115 e. The fourth-order valence-corrected chi connectivity index (χ4v) is 1.17. The van der Waals surface area contributed by atoms with Crippen molar-refractivity contribution in [3.63, 3.8) is 0 Å². The lowest BCUT2D eigenvalue weighted by molar-refractivity contribution is 0.273. The average molecular weight is 208 g/mol. The first-order chi connectivity index (χ1) is 7.20. The Bertz CT molecular complexity index is 261. The molecule has 0 aromatic carbocycles. The molecule has 0 radical (unpaired) electrons. The van der Waals surface area contributed by atoms with Crippen LogP contribution in [0.2, 0.25) is 0 Å². The summed E-state index contributed by atoms with van der Waals surface area (Å²) < 4.78 is 0. The van der Waals surface area contributed by atoms with Crippen molar-refractivity contribution in [1.82, 2.24) is 20.2 Å². The molecule has 0 spiro atoms. The maximum absolute atomic E-state index is 3.97. The van der Waals surface area contributed by atoms with E-state index in [2.05, 4.69) is 41.1 Å². The first kappa shape index (κ1) is 12.1. The highest BCUT2D eigenvalue weighted by atomic mass is 15.1. The normalized spacial score (nSPS) is 11.3. The second kappa shape index (κ2) is 6.48. The molecule has 84 valence electrons. The summed E-state index contributed by atoms with van der Waals surface area (Å²) in [5.41, 5.74) is 1.13. The van der Waals surface area contributed by atoms with Crippen molar-refractivity contribution < 1.29 is 0 Å². The molecule has 0 bridgehead atoms. The van der Waals surface area contributed by atoms with E-state index >= 15 is 0 Å². The van der Waals surface area contributed by atoms with Crippen LogP contribution in [-0.2, 0) is 6.54 Å². The van der Waals surface area contributed by atoms with Gasteiger partial charge >= 0.3 is 0 Å². The predicted molar refractivity (Wildman–Crippen MR) is 61.5 cm³/mol. The van der Waals surface area contributed by atoms with E-state index in [-0.39, 0.29) is 0 Å². The number of nitrogens with one attached hydrogen (secondary N) is 1.